The third kappa shape index (κ3) is 2.25. The van der Waals surface area contributed by atoms with E-state index in [1.807, 2.05) is 19.1 Å². The predicted molar refractivity (Wildman–Crippen MR) is 82.0 cm³/mol. The summed E-state index contributed by atoms with van der Waals surface area (Å²) in [5.41, 5.74) is 0.204. The Morgan fingerprint density at radius 1 is 1.36 bits per heavy atom. The van der Waals surface area contributed by atoms with E-state index in [9.17, 15) is 18.3 Å². The smallest absolute Gasteiger partial charge is 0.311 e. The molecule has 1 aliphatic heterocycles. The molecule has 6 heteroatoms. The molecular weight excluding hydrogens is 302 g/mol. The van der Waals surface area contributed by atoms with Gasteiger partial charge in [-0.3, -0.25) is 4.79 Å². The molecule has 2 atom stereocenters. The highest BCUT2D eigenvalue weighted by Crippen LogP contribution is 2.50. The SMILES string of the molecule is CCc1ccc(S(=O)(=O)N2C[C@@H]3CCC[C@@]3(C(=O)O)C2)cc1. The minimum atomic E-state index is -3.61. The first-order valence-electron chi connectivity index (χ1n) is 7.72. The Morgan fingerprint density at radius 2 is 2.05 bits per heavy atom. The predicted octanol–water partition coefficient (Wildman–Crippen LogP) is 2.12. The molecule has 22 heavy (non-hydrogen) atoms. The molecule has 0 aromatic heterocycles. The van der Waals surface area contributed by atoms with Crippen LogP contribution in [-0.2, 0) is 21.2 Å². The van der Waals surface area contributed by atoms with Crippen LogP contribution >= 0.6 is 0 Å². The molecule has 1 aromatic rings. The zero-order valence-electron chi connectivity index (χ0n) is 12.7. The van der Waals surface area contributed by atoms with Gasteiger partial charge < -0.3 is 5.11 Å². The van der Waals surface area contributed by atoms with E-state index in [2.05, 4.69) is 0 Å². The van der Waals surface area contributed by atoms with Gasteiger partial charge in [-0.05, 0) is 42.9 Å². The quantitative estimate of drug-likeness (QED) is 0.921. The first kappa shape index (κ1) is 15.5. The van der Waals surface area contributed by atoms with Crippen molar-refractivity contribution in [2.45, 2.75) is 37.5 Å². The molecule has 2 fully saturated rings. The van der Waals surface area contributed by atoms with E-state index in [0.29, 0.717) is 13.0 Å². The molecule has 1 heterocycles. The Bertz CT molecular complexity index is 683. The summed E-state index contributed by atoms with van der Waals surface area (Å²) >= 11 is 0. The second-order valence-electron chi connectivity index (χ2n) is 6.35. The van der Waals surface area contributed by atoms with Gasteiger partial charge in [0.15, 0.2) is 0 Å². The number of carboxylic acid groups (broad SMARTS) is 1. The molecule has 1 aromatic carbocycles. The maximum absolute atomic E-state index is 12.8. The number of hydrogen-bond donors (Lipinski definition) is 1. The largest absolute Gasteiger partial charge is 0.481 e. The Balaban J connectivity index is 1.89. The minimum absolute atomic E-state index is 0.0605. The van der Waals surface area contributed by atoms with Gasteiger partial charge in [-0.15, -0.1) is 0 Å². The van der Waals surface area contributed by atoms with Crippen LogP contribution in [0.5, 0.6) is 0 Å². The summed E-state index contributed by atoms with van der Waals surface area (Å²) in [6.45, 7) is 2.44. The Kier molecular flexibility index (Phi) is 3.77. The molecule has 0 radical (unpaired) electrons. The summed E-state index contributed by atoms with van der Waals surface area (Å²) in [4.78, 5) is 11.9. The van der Waals surface area contributed by atoms with Crippen LogP contribution in [0.2, 0.25) is 0 Å². The summed E-state index contributed by atoms with van der Waals surface area (Å²) in [5, 5.41) is 9.58. The van der Waals surface area contributed by atoms with Gasteiger partial charge in [0.2, 0.25) is 10.0 Å². The zero-order valence-corrected chi connectivity index (χ0v) is 13.5. The fourth-order valence-electron chi connectivity index (χ4n) is 3.82. The van der Waals surface area contributed by atoms with Crippen molar-refractivity contribution in [3.63, 3.8) is 0 Å². The molecule has 1 N–H and O–H groups in total. The molecule has 2 aliphatic rings. The molecule has 5 nitrogen and oxygen atoms in total. The van der Waals surface area contributed by atoms with Crippen LogP contribution in [0.25, 0.3) is 0 Å². The number of carbonyl (C=O) groups is 1. The van der Waals surface area contributed by atoms with Crippen LogP contribution in [0.15, 0.2) is 29.2 Å². The summed E-state index contributed by atoms with van der Waals surface area (Å²) in [7, 11) is -3.61. The van der Waals surface area contributed by atoms with Crippen LogP contribution in [0, 0.1) is 11.3 Å². The van der Waals surface area contributed by atoms with Crippen LogP contribution in [-0.4, -0.2) is 36.9 Å². The van der Waals surface area contributed by atoms with E-state index in [1.165, 1.54) is 4.31 Å². The van der Waals surface area contributed by atoms with Gasteiger partial charge in [0, 0.05) is 13.1 Å². The van der Waals surface area contributed by atoms with Gasteiger partial charge in [-0.1, -0.05) is 25.5 Å². The van der Waals surface area contributed by atoms with Crippen molar-refractivity contribution in [1.82, 2.24) is 4.31 Å². The monoisotopic (exact) mass is 323 g/mol. The zero-order chi connectivity index (χ0) is 16.0. The van der Waals surface area contributed by atoms with Crippen molar-refractivity contribution in [2.75, 3.05) is 13.1 Å². The molecule has 120 valence electrons. The lowest BCUT2D eigenvalue weighted by Crippen LogP contribution is -2.37. The number of aryl methyl sites for hydroxylation is 1. The number of benzene rings is 1. The summed E-state index contributed by atoms with van der Waals surface area (Å²) in [5.74, 6) is -0.913. The molecule has 1 saturated heterocycles. The lowest BCUT2D eigenvalue weighted by molar-refractivity contribution is -0.149. The Morgan fingerprint density at radius 3 is 2.59 bits per heavy atom. The Hall–Kier alpha value is -1.40. The van der Waals surface area contributed by atoms with Crippen molar-refractivity contribution in [3.05, 3.63) is 29.8 Å². The number of aliphatic carboxylic acids is 1. The maximum atomic E-state index is 12.8. The summed E-state index contributed by atoms with van der Waals surface area (Å²) in [6, 6.07) is 6.87. The van der Waals surface area contributed by atoms with Crippen molar-refractivity contribution in [1.29, 1.82) is 0 Å². The average Bonchev–Trinajstić information content (AvgIpc) is 3.05. The molecule has 0 amide bonds. The van der Waals surface area contributed by atoms with E-state index in [-0.39, 0.29) is 17.4 Å². The summed E-state index contributed by atoms with van der Waals surface area (Å²) in [6.07, 6.45) is 3.10. The average molecular weight is 323 g/mol. The molecule has 0 spiro atoms. The highest BCUT2D eigenvalue weighted by Gasteiger charge is 2.57. The van der Waals surface area contributed by atoms with E-state index < -0.39 is 21.4 Å². The molecule has 3 rings (SSSR count). The van der Waals surface area contributed by atoms with Crippen molar-refractivity contribution in [3.8, 4) is 0 Å². The number of hydrogen-bond acceptors (Lipinski definition) is 3. The van der Waals surface area contributed by atoms with Gasteiger partial charge in [0.05, 0.1) is 10.3 Å². The number of sulfonamides is 1. The first-order chi connectivity index (χ1) is 10.4. The number of rotatable bonds is 4. The lowest BCUT2D eigenvalue weighted by Gasteiger charge is -2.23. The van der Waals surface area contributed by atoms with Crippen LogP contribution < -0.4 is 0 Å². The number of carboxylic acids is 1. The van der Waals surface area contributed by atoms with Gasteiger partial charge in [0.25, 0.3) is 0 Å². The minimum Gasteiger partial charge on any atom is -0.481 e. The van der Waals surface area contributed by atoms with Crippen LogP contribution in [0.1, 0.15) is 31.7 Å². The number of nitrogens with zero attached hydrogens (tertiary/aromatic N) is 1. The summed E-state index contributed by atoms with van der Waals surface area (Å²) < 4.78 is 26.9. The highest BCUT2D eigenvalue weighted by molar-refractivity contribution is 7.89. The molecule has 1 saturated carbocycles. The standard InChI is InChI=1S/C16H21NO4S/c1-2-12-5-7-14(8-6-12)22(20,21)17-10-13-4-3-9-16(13,11-17)15(18)19/h5-8,13H,2-4,9-11H2,1H3,(H,18,19)/t13-,16+/m0/s1. The Labute approximate surface area is 131 Å². The maximum Gasteiger partial charge on any atom is 0.311 e. The van der Waals surface area contributed by atoms with E-state index in [4.69, 9.17) is 0 Å². The van der Waals surface area contributed by atoms with Crippen LogP contribution in [0.3, 0.4) is 0 Å². The third-order valence-corrected chi connectivity index (χ3v) is 7.06. The number of fused-ring (bicyclic) bond motifs is 1. The topological polar surface area (TPSA) is 74.7 Å². The van der Waals surface area contributed by atoms with Gasteiger partial charge in [0.1, 0.15) is 0 Å². The first-order valence-corrected chi connectivity index (χ1v) is 9.16. The normalized spacial score (nSPS) is 28.7. The second kappa shape index (κ2) is 5.35. The van der Waals surface area contributed by atoms with Gasteiger partial charge in [-0.2, -0.15) is 4.31 Å². The fourth-order valence-corrected chi connectivity index (χ4v) is 5.38. The van der Waals surface area contributed by atoms with E-state index in [0.717, 1.165) is 24.8 Å². The molecular formula is C16H21NO4S. The van der Waals surface area contributed by atoms with Gasteiger partial charge in [-0.25, -0.2) is 8.42 Å². The van der Waals surface area contributed by atoms with E-state index >= 15 is 0 Å². The van der Waals surface area contributed by atoms with Gasteiger partial charge >= 0.3 is 5.97 Å². The highest BCUT2D eigenvalue weighted by atomic mass is 32.2. The molecule has 1 aliphatic carbocycles. The molecule has 0 unspecified atom stereocenters. The lowest BCUT2D eigenvalue weighted by atomic mass is 9.81. The second-order valence-corrected chi connectivity index (χ2v) is 8.28. The van der Waals surface area contributed by atoms with Crippen molar-refractivity contribution >= 4 is 16.0 Å². The van der Waals surface area contributed by atoms with Crippen LogP contribution in [0.4, 0.5) is 0 Å². The van der Waals surface area contributed by atoms with E-state index in [1.54, 1.807) is 12.1 Å². The van der Waals surface area contributed by atoms with Crippen molar-refractivity contribution < 1.29 is 18.3 Å². The third-order valence-electron chi connectivity index (χ3n) is 5.23. The molecule has 0 bridgehead atoms. The fraction of sp³-hybridized carbons (Fsp3) is 0.562. The van der Waals surface area contributed by atoms with Crippen molar-refractivity contribution in [2.24, 2.45) is 11.3 Å².